The number of anilines is 2. The molecule has 0 bridgehead atoms. The molecule has 0 aliphatic carbocycles. The molecule has 0 radical (unpaired) electrons. The predicted molar refractivity (Wildman–Crippen MR) is 164 cm³/mol. The number of sulfonamides is 1. The molecule has 0 unspecified atom stereocenters. The fourth-order valence-electron chi connectivity index (χ4n) is 5.51. The molecule has 13 heteroatoms. The van der Waals surface area contributed by atoms with Crippen molar-refractivity contribution in [3.63, 3.8) is 0 Å². The molecule has 1 amide bonds. The Labute approximate surface area is 263 Å². The number of amides is 1. The molecule has 4 aromatic rings. The highest BCUT2D eigenvalue weighted by atomic mass is 32.2. The van der Waals surface area contributed by atoms with Gasteiger partial charge in [-0.1, -0.05) is 24.3 Å². The highest BCUT2D eigenvalue weighted by molar-refractivity contribution is 7.89. The molecule has 0 spiro atoms. The van der Waals surface area contributed by atoms with E-state index in [-0.39, 0.29) is 53.2 Å². The first-order valence-corrected chi connectivity index (χ1v) is 16.0. The summed E-state index contributed by atoms with van der Waals surface area (Å²) in [6, 6.07) is 15.6. The molecule has 5 rings (SSSR count). The molecule has 1 saturated heterocycles. The van der Waals surface area contributed by atoms with Crippen LogP contribution in [0.5, 0.6) is 0 Å². The minimum Gasteiger partial charge on any atom is -0.373 e. The molecule has 4 aromatic carbocycles. The van der Waals surface area contributed by atoms with Crippen LogP contribution in [0.15, 0.2) is 89.8 Å². The van der Waals surface area contributed by atoms with Crippen LogP contribution in [0.1, 0.15) is 17.5 Å². The number of halogens is 5. The van der Waals surface area contributed by atoms with Crippen molar-refractivity contribution in [2.75, 3.05) is 30.3 Å². The van der Waals surface area contributed by atoms with Crippen LogP contribution in [0.3, 0.4) is 0 Å². The van der Waals surface area contributed by atoms with Gasteiger partial charge in [-0.2, -0.15) is 4.31 Å². The van der Waals surface area contributed by atoms with E-state index in [0.717, 1.165) is 24.3 Å². The summed E-state index contributed by atoms with van der Waals surface area (Å²) in [4.78, 5) is 13.6. The van der Waals surface area contributed by atoms with E-state index < -0.39 is 57.1 Å². The average Bonchev–Trinajstić information content (AvgIpc) is 3.00. The first-order valence-electron chi connectivity index (χ1n) is 14.5. The number of nitrogens with one attached hydrogen (secondary N) is 3. The number of carbonyl (C=O) groups is 1. The summed E-state index contributed by atoms with van der Waals surface area (Å²) >= 11 is 0. The summed E-state index contributed by atoms with van der Waals surface area (Å²) in [5.74, 6) is -5.02. The van der Waals surface area contributed by atoms with Gasteiger partial charge in [-0.05, 0) is 66.9 Å². The Morgan fingerprint density at radius 2 is 1.52 bits per heavy atom. The lowest BCUT2D eigenvalue weighted by Crippen LogP contribution is -2.53. The molecule has 7 nitrogen and oxygen atoms in total. The van der Waals surface area contributed by atoms with Gasteiger partial charge < -0.3 is 16.0 Å². The van der Waals surface area contributed by atoms with Gasteiger partial charge in [0.05, 0.1) is 4.90 Å². The normalized spacial score (nSPS) is 16.2. The van der Waals surface area contributed by atoms with Gasteiger partial charge >= 0.3 is 0 Å². The van der Waals surface area contributed by atoms with Gasteiger partial charge in [0.2, 0.25) is 15.9 Å². The second kappa shape index (κ2) is 14.4. The van der Waals surface area contributed by atoms with Crippen molar-refractivity contribution in [2.45, 2.75) is 36.2 Å². The summed E-state index contributed by atoms with van der Waals surface area (Å²) < 4.78 is 99.3. The number of hydrogen-bond acceptors (Lipinski definition) is 5. The van der Waals surface area contributed by atoms with Crippen LogP contribution in [-0.2, 0) is 27.7 Å². The van der Waals surface area contributed by atoms with Gasteiger partial charge in [-0.25, -0.2) is 30.4 Å². The van der Waals surface area contributed by atoms with Gasteiger partial charge in [0.15, 0.2) is 0 Å². The van der Waals surface area contributed by atoms with Crippen molar-refractivity contribution in [2.24, 2.45) is 0 Å². The van der Waals surface area contributed by atoms with E-state index >= 15 is 4.39 Å². The number of rotatable bonds is 11. The van der Waals surface area contributed by atoms with Crippen LogP contribution in [0.25, 0.3) is 0 Å². The third kappa shape index (κ3) is 8.08. The molecule has 46 heavy (non-hydrogen) atoms. The van der Waals surface area contributed by atoms with E-state index in [9.17, 15) is 30.8 Å². The highest BCUT2D eigenvalue weighted by Gasteiger charge is 2.33. The van der Waals surface area contributed by atoms with Gasteiger partial charge in [0.1, 0.15) is 35.1 Å². The Kier molecular flexibility index (Phi) is 10.3. The first kappa shape index (κ1) is 33.0. The average molecular weight is 659 g/mol. The Morgan fingerprint density at radius 1 is 0.870 bits per heavy atom. The zero-order valence-electron chi connectivity index (χ0n) is 24.5. The molecular weight excluding hydrogens is 627 g/mol. The third-order valence-electron chi connectivity index (χ3n) is 7.63. The largest absolute Gasteiger partial charge is 0.373 e. The van der Waals surface area contributed by atoms with Gasteiger partial charge in [0, 0.05) is 61.2 Å². The quantitative estimate of drug-likeness (QED) is 0.182. The van der Waals surface area contributed by atoms with Gasteiger partial charge in [-0.15, -0.1) is 0 Å². The van der Waals surface area contributed by atoms with Crippen molar-refractivity contribution in [1.82, 2.24) is 9.62 Å². The van der Waals surface area contributed by atoms with Crippen molar-refractivity contribution in [3.8, 4) is 0 Å². The summed E-state index contributed by atoms with van der Waals surface area (Å²) in [5.41, 5.74) is 0.251. The number of benzene rings is 4. The van der Waals surface area contributed by atoms with Crippen molar-refractivity contribution in [3.05, 3.63) is 125 Å². The van der Waals surface area contributed by atoms with Crippen LogP contribution in [0.4, 0.5) is 33.3 Å². The second-order valence-corrected chi connectivity index (χ2v) is 12.8. The third-order valence-corrected chi connectivity index (χ3v) is 9.60. The van der Waals surface area contributed by atoms with E-state index in [1.165, 1.54) is 34.6 Å². The van der Waals surface area contributed by atoms with E-state index in [1.807, 2.05) is 0 Å². The van der Waals surface area contributed by atoms with Crippen molar-refractivity contribution in [1.29, 1.82) is 0 Å². The summed E-state index contributed by atoms with van der Waals surface area (Å²) in [6.45, 7) is 1.00. The summed E-state index contributed by atoms with van der Waals surface area (Å²) in [7, 11) is -3.83. The lowest BCUT2D eigenvalue weighted by atomic mass is 10.00. The molecule has 1 heterocycles. The van der Waals surface area contributed by atoms with E-state index in [2.05, 4.69) is 16.0 Å². The second-order valence-electron chi connectivity index (χ2n) is 10.9. The number of nitrogens with zero attached hydrogens (tertiary/aromatic N) is 1. The van der Waals surface area contributed by atoms with Crippen molar-refractivity contribution < 1.29 is 35.2 Å². The number of hydrogen-bond donors (Lipinski definition) is 3. The highest BCUT2D eigenvalue weighted by Crippen LogP contribution is 2.27. The fraction of sp³-hybridized carbons (Fsp3) is 0.242. The van der Waals surface area contributed by atoms with Crippen molar-refractivity contribution >= 4 is 27.3 Å². The molecule has 0 saturated carbocycles. The van der Waals surface area contributed by atoms with E-state index in [0.29, 0.717) is 25.2 Å². The Hall–Kier alpha value is -4.33. The van der Waals surface area contributed by atoms with E-state index in [1.54, 1.807) is 18.2 Å². The zero-order chi connectivity index (χ0) is 32.8. The predicted octanol–water partition coefficient (Wildman–Crippen LogP) is 5.64. The van der Waals surface area contributed by atoms with Crippen LogP contribution in [0, 0.1) is 29.1 Å². The molecular formula is C33H31F5N4O3S. The van der Waals surface area contributed by atoms with Gasteiger partial charge in [-0.3, -0.25) is 4.79 Å². The van der Waals surface area contributed by atoms with Crippen LogP contribution < -0.4 is 16.0 Å². The smallest absolute Gasteiger partial charge is 0.247 e. The van der Waals surface area contributed by atoms with Crippen LogP contribution in [-0.4, -0.2) is 50.3 Å². The molecule has 3 N–H and O–H groups in total. The first-order chi connectivity index (χ1) is 22.0. The van der Waals surface area contributed by atoms with Crippen LogP contribution >= 0.6 is 0 Å². The Morgan fingerprint density at radius 3 is 2.20 bits per heavy atom. The lowest BCUT2D eigenvalue weighted by Gasteiger charge is -2.35. The zero-order valence-corrected chi connectivity index (χ0v) is 25.3. The topological polar surface area (TPSA) is 90.5 Å². The van der Waals surface area contributed by atoms with Crippen LogP contribution in [0.2, 0.25) is 0 Å². The monoisotopic (exact) mass is 658 g/mol. The molecule has 1 fully saturated rings. The maximum Gasteiger partial charge on any atom is 0.247 e. The van der Waals surface area contributed by atoms with E-state index in [4.69, 9.17) is 0 Å². The van der Waals surface area contributed by atoms with Gasteiger partial charge in [0.25, 0.3) is 0 Å². The fourth-order valence-corrected chi connectivity index (χ4v) is 7.18. The maximum absolute atomic E-state index is 15.3. The molecule has 1 aliphatic rings. The standard InChI is InChI=1S/C33H31F5N4O3S/c34-22-13-21(14-23(35)16-22)15-32(33(43)40-26-18-24(36)17-25(37)19-26)41-31-8-4-7-30(38)29(31)10-9-27-20-39-11-12-42(27)46(44,45)28-5-2-1-3-6-28/h1-8,13-14,16-19,27,32,39,41H,9-12,15,20H2,(H,40,43)/t27-,32-/m0/s1. The number of carbonyl (C=O) groups excluding carboxylic acids is 1. The molecule has 2 atom stereocenters. The minimum absolute atomic E-state index is 0.0696. The SMILES string of the molecule is O=C(Nc1cc(F)cc(F)c1)[C@H](Cc1cc(F)cc(F)c1)Nc1cccc(F)c1CC[C@H]1CNCCN1S(=O)(=O)c1ccccc1. The summed E-state index contributed by atoms with van der Waals surface area (Å²) in [5, 5.41) is 8.54. The lowest BCUT2D eigenvalue weighted by molar-refractivity contribution is -0.116. The molecule has 1 aliphatic heterocycles. The molecule has 0 aromatic heterocycles. The minimum atomic E-state index is -3.83. The summed E-state index contributed by atoms with van der Waals surface area (Å²) in [6.07, 6.45) is 0.0212. The maximum atomic E-state index is 15.3. The molecule has 242 valence electrons. The Balaban J connectivity index is 1.40. The number of piperazine rings is 1. The Bertz CT molecular complexity index is 1770.